The molecule has 0 bridgehead atoms. The lowest BCUT2D eigenvalue weighted by atomic mass is 9.91. The molecule has 4 aliphatic rings. The van der Waals surface area contributed by atoms with Gasteiger partial charge in [-0.25, -0.2) is 4.39 Å². The zero-order valence-corrected chi connectivity index (χ0v) is 20.3. The van der Waals surface area contributed by atoms with E-state index >= 15 is 4.39 Å². The lowest BCUT2D eigenvalue weighted by molar-refractivity contribution is -0.143. The van der Waals surface area contributed by atoms with Gasteiger partial charge in [0.05, 0.1) is 17.5 Å². The summed E-state index contributed by atoms with van der Waals surface area (Å²) in [5.41, 5.74) is 1.39. The fourth-order valence-electron chi connectivity index (χ4n) is 5.87. The maximum Gasteiger partial charge on any atom is 0.306 e. The SMILES string of the molecule is O=C(O)C1CCN(CCNC(=O)C2CC(F)=C(NC3CCCCC3)C=C2NC2CCCC2)CC1. The summed E-state index contributed by atoms with van der Waals surface area (Å²) in [5.74, 6) is -1.86. The van der Waals surface area contributed by atoms with Crippen LogP contribution >= 0.6 is 0 Å². The van der Waals surface area contributed by atoms with E-state index in [4.69, 9.17) is 5.11 Å². The highest BCUT2D eigenvalue weighted by Gasteiger charge is 2.32. The van der Waals surface area contributed by atoms with E-state index in [0.29, 0.717) is 43.7 Å². The molecule has 1 atom stereocenters. The minimum atomic E-state index is -0.716. The van der Waals surface area contributed by atoms with Crippen LogP contribution in [-0.4, -0.2) is 60.1 Å². The third-order valence-electron chi connectivity index (χ3n) is 8.02. The number of amides is 1. The van der Waals surface area contributed by atoms with E-state index in [-0.39, 0.29) is 24.1 Å². The molecule has 2 saturated carbocycles. The molecule has 190 valence electrons. The molecule has 0 aromatic heterocycles. The highest BCUT2D eigenvalue weighted by molar-refractivity contribution is 5.82. The third kappa shape index (κ3) is 6.74. The zero-order valence-electron chi connectivity index (χ0n) is 20.3. The first-order valence-corrected chi connectivity index (χ1v) is 13.4. The van der Waals surface area contributed by atoms with Crippen LogP contribution in [-0.2, 0) is 9.59 Å². The van der Waals surface area contributed by atoms with Crippen molar-refractivity contribution in [2.24, 2.45) is 11.8 Å². The lowest BCUT2D eigenvalue weighted by Gasteiger charge is -2.32. The van der Waals surface area contributed by atoms with Crippen molar-refractivity contribution in [1.82, 2.24) is 20.9 Å². The summed E-state index contributed by atoms with van der Waals surface area (Å²) in [7, 11) is 0. The van der Waals surface area contributed by atoms with E-state index in [2.05, 4.69) is 20.9 Å². The molecule has 3 fully saturated rings. The summed E-state index contributed by atoms with van der Waals surface area (Å²) in [6, 6.07) is 0.670. The van der Waals surface area contributed by atoms with Crippen LogP contribution in [0.3, 0.4) is 0 Å². The Hall–Kier alpha value is -2.09. The number of halogens is 1. The molecule has 1 unspecified atom stereocenters. The number of carboxylic acid groups (broad SMARTS) is 1. The average Bonchev–Trinajstić information content (AvgIpc) is 3.35. The quantitative estimate of drug-likeness (QED) is 0.407. The molecule has 1 heterocycles. The molecular formula is C26H41FN4O3. The van der Waals surface area contributed by atoms with E-state index in [1.54, 1.807) is 0 Å². The predicted molar refractivity (Wildman–Crippen MR) is 130 cm³/mol. The molecule has 3 aliphatic carbocycles. The average molecular weight is 477 g/mol. The first-order chi connectivity index (χ1) is 16.5. The van der Waals surface area contributed by atoms with Gasteiger partial charge in [0.25, 0.3) is 0 Å². The monoisotopic (exact) mass is 476 g/mol. The van der Waals surface area contributed by atoms with Crippen LogP contribution in [0.4, 0.5) is 4.39 Å². The molecule has 7 nitrogen and oxygen atoms in total. The molecule has 1 amide bonds. The Morgan fingerprint density at radius 3 is 2.21 bits per heavy atom. The van der Waals surface area contributed by atoms with Crippen molar-refractivity contribution in [3.8, 4) is 0 Å². The van der Waals surface area contributed by atoms with Gasteiger partial charge in [0.15, 0.2) is 0 Å². The van der Waals surface area contributed by atoms with E-state index in [0.717, 1.165) is 44.5 Å². The van der Waals surface area contributed by atoms with Gasteiger partial charge in [-0.05, 0) is 57.7 Å². The maximum atomic E-state index is 15.1. The van der Waals surface area contributed by atoms with Gasteiger partial charge in [0.2, 0.25) is 5.91 Å². The van der Waals surface area contributed by atoms with Gasteiger partial charge in [-0.2, -0.15) is 0 Å². The molecule has 4 rings (SSSR count). The first kappa shape index (κ1) is 25.0. The molecule has 0 aromatic rings. The fourth-order valence-corrected chi connectivity index (χ4v) is 5.87. The number of hydrogen-bond donors (Lipinski definition) is 4. The van der Waals surface area contributed by atoms with Crippen molar-refractivity contribution in [3.63, 3.8) is 0 Å². The topological polar surface area (TPSA) is 93.7 Å². The summed E-state index contributed by atoms with van der Waals surface area (Å²) in [6.45, 7) is 2.64. The number of carboxylic acids is 1. The predicted octanol–water partition coefficient (Wildman–Crippen LogP) is 3.44. The van der Waals surface area contributed by atoms with Gasteiger partial charge in [-0.15, -0.1) is 0 Å². The third-order valence-corrected chi connectivity index (χ3v) is 8.02. The van der Waals surface area contributed by atoms with Crippen LogP contribution in [0, 0.1) is 11.8 Å². The summed E-state index contributed by atoms with van der Waals surface area (Å²) < 4.78 is 15.1. The number of hydrogen-bond acceptors (Lipinski definition) is 5. The van der Waals surface area contributed by atoms with Crippen LogP contribution < -0.4 is 16.0 Å². The molecule has 1 aliphatic heterocycles. The minimum Gasteiger partial charge on any atom is -0.481 e. The summed E-state index contributed by atoms with van der Waals surface area (Å²) in [4.78, 5) is 26.4. The number of nitrogens with zero attached hydrogens (tertiary/aromatic N) is 1. The van der Waals surface area contributed by atoms with E-state index in [1.807, 2.05) is 6.08 Å². The Kier molecular flexibility index (Phi) is 8.86. The van der Waals surface area contributed by atoms with Crippen LogP contribution in [0.15, 0.2) is 23.3 Å². The number of rotatable bonds is 9. The maximum absolute atomic E-state index is 15.1. The Morgan fingerprint density at radius 1 is 0.941 bits per heavy atom. The van der Waals surface area contributed by atoms with Crippen molar-refractivity contribution in [1.29, 1.82) is 0 Å². The van der Waals surface area contributed by atoms with Crippen LogP contribution in [0.25, 0.3) is 0 Å². The van der Waals surface area contributed by atoms with E-state index < -0.39 is 11.9 Å². The van der Waals surface area contributed by atoms with Gasteiger partial charge >= 0.3 is 5.97 Å². The first-order valence-electron chi connectivity index (χ1n) is 13.4. The normalized spacial score (nSPS) is 25.8. The van der Waals surface area contributed by atoms with Crippen molar-refractivity contribution < 1.29 is 19.1 Å². The molecule has 0 radical (unpaired) electrons. The van der Waals surface area contributed by atoms with Crippen molar-refractivity contribution in [2.45, 2.75) is 89.1 Å². The number of piperidine rings is 1. The number of likely N-dealkylation sites (tertiary alicyclic amines) is 1. The molecule has 1 saturated heterocycles. The van der Waals surface area contributed by atoms with E-state index in [1.165, 1.54) is 32.1 Å². The van der Waals surface area contributed by atoms with Crippen molar-refractivity contribution >= 4 is 11.9 Å². The van der Waals surface area contributed by atoms with Crippen molar-refractivity contribution in [3.05, 3.63) is 23.3 Å². The van der Waals surface area contributed by atoms with Crippen LogP contribution in [0.2, 0.25) is 0 Å². The number of allylic oxidation sites excluding steroid dienone is 2. The molecule has 0 spiro atoms. The Morgan fingerprint density at radius 2 is 1.56 bits per heavy atom. The van der Waals surface area contributed by atoms with E-state index in [9.17, 15) is 9.59 Å². The number of carbonyl (C=O) groups is 2. The molecule has 34 heavy (non-hydrogen) atoms. The highest BCUT2D eigenvalue weighted by atomic mass is 19.1. The molecular weight excluding hydrogens is 435 g/mol. The Bertz CT molecular complexity index is 779. The summed E-state index contributed by atoms with van der Waals surface area (Å²) in [5, 5.41) is 19.2. The van der Waals surface area contributed by atoms with Gasteiger partial charge < -0.3 is 26.0 Å². The molecule has 8 heteroatoms. The second-order valence-electron chi connectivity index (χ2n) is 10.5. The Balaban J connectivity index is 1.33. The standard InChI is InChI=1S/C26H41FN4O3/c27-22-16-21(25(32)28-12-15-31-13-10-18(11-14-31)26(33)34)23(29-19-8-4-5-9-19)17-24(22)30-20-6-2-1-3-7-20/h17-21,29-30H,1-16H2,(H,28,32)(H,33,34). The van der Waals surface area contributed by atoms with Crippen LogP contribution in [0.5, 0.6) is 0 Å². The second kappa shape index (κ2) is 12.0. The second-order valence-corrected chi connectivity index (χ2v) is 10.5. The summed E-state index contributed by atoms with van der Waals surface area (Å²) >= 11 is 0. The van der Waals surface area contributed by atoms with Gasteiger partial charge in [-0.1, -0.05) is 32.1 Å². The molecule has 0 aromatic carbocycles. The van der Waals surface area contributed by atoms with Gasteiger partial charge in [0, 0.05) is 37.3 Å². The number of carbonyl (C=O) groups excluding carboxylic acids is 1. The van der Waals surface area contributed by atoms with Gasteiger partial charge in [0.1, 0.15) is 5.83 Å². The Labute approximate surface area is 202 Å². The molecule has 4 N–H and O–H groups in total. The van der Waals surface area contributed by atoms with Crippen LogP contribution in [0.1, 0.15) is 77.0 Å². The lowest BCUT2D eigenvalue weighted by Crippen LogP contribution is -2.44. The van der Waals surface area contributed by atoms with Crippen molar-refractivity contribution in [2.75, 3.05) is 26.2 Å². The number of nitrogens with one attached hydrogen (secondary N) is 3. The fraction of sp³-hybridized carbons (Fsp3) is 0.769. The zero-order chi connectivity index (χ0) is 23.9. The smallest absolute Gasteiger partial charge is 0.306 e. The minimum absolute atomic E-state index is 0.0937. The number of aliphatic carboxylic acids is 1. The highest BCUT2D eigenvalue weighted by Crippen LogP contribution is 2.31. The summed E-state index contributed by atoms with van der Waals surface area (Å²) in [6.07, 6.45) is 13.6. The van der Waals surface area contributed by atoms with Gasteiger partial charge in [-0.3, -0.25) is 9.59 Å². The largest absolute Gasteiger partial charge is 0.481 e.